The molecule has 2 saturated heterocycles. The molecule has 162 valence electrons. The Morgan fingerprint density at radius 3 is 2.94 bits per heavy atom. The van der Waals surface area contributed by atoms with E-state index in [0.717, 1.165) is 36.4 Å². The SMILES string of the molecule is CCOc1cc2nn(C)cc2cc1C(=O)Nc1ccc(N2CCN3CCC[C@H]3C2)nn1. The van der Waals surface area contributed by atoms with Gasteiger partial charge in [0.25, 0.3) is 5.91 Å². The first-order valence-corrected chi connectivity index (χ1v) is 10.8. The molecule has 1 N–H and O–H groups in total. The van der Waals surface area contributed by atoms with Crippen molar-refractivity contribution < 1.29 is 9.53 Å². The number of fused-ring (bicyclic) bond motifs is 2. The van der Waals surface area contributed by atoms with Gasteiger partial charge in [-0.3, -0.25) is 14.4 Å². The summed E-state index contributed by atoms with van der Waals surface area (Å²) in [4.78, 5) is 17.8. The highest BCUT2D eigenvalue weighted by Crippen LogP contribution is 2.27. The molecule has 2 aromatic heterocycles. The minimum Gasteiger partial charge on any atom is -0.493 e. The van der Waals surface area contributed by atoms with Crippen LogP contribution in [0, 0.1) is 0 Å². The molecule has 5 rings (SSSR count). The molecular weight excluding hydrogens is 394 g/mol. The van der Waals surface area contributed by atoms with Crippen LogP contribution in [0.15, 0.2) is 30.5 Å². The van der Waals surface area contributed by atoms with Crippen molar-refractivity contribution in [3.8, 4) is 5.75 Å². The second-order valence-electron chi connectivity index (χ2n) is 8.15. The molecule has 4 heterocycles. The number of hydrogen-bond acceptors (Lipinski definition) is 7. The summed E-state index contributed by atoms with van der Waals surface area (Å²) < 4.78 is 7.41. The number of amides is 1. The Hall–Kier alpha value is -3.20. The van der Waals surface area contributed by atoms with Crippen LogP contribution in [0.25, 0.3) is 10.9 Å². The van der Waals surface area contributed by atoms with Crippen LogP contribution in [-0.4, -0.2) is 69.6 Å². The zero-order valence-electron chi connectivity index (χ0n) is 17.9. The zero-order valence-corrected chi connectivity index (χ0v) is 17.9. The van der Waals surface area contributed by atoms with Gasteiger partial charge in [0, 0.05) is 50.4 Å². The van der Waals surface area contributed by atoms with Crippen molar-refractivity contribution in [3.63, 3.8) is 0 Å². The van der Waals surface area contributed by atoms with Crippen LogP contribution in [0.5, 0.6) is 5.75 Å². The van der Waals surface area contributed by atoms with E-state index in [0.29, 0.717) is 29.8 Å². The van der Waals surface area contributed by atoms with Crippen LogP contribution < -0.4 is 15.0 Å². The Bertz CT molecular complexity index is 1100. The summed E-state index contributed by atoms with van der Waals surface area (Å²) in [5.74, 6) is 1.50. The van der Waals surface area contributed by atoms with Gasteiger partial charge in [-0.25, -0.2) is 0 Å². The van der Waals surface area contributed by atoms with Gasteiger partial charge in [0.2, 0.25) is 0 Å². The number of hydrogen-bond donors (Lipinski definition) is 1. The minimum atomic E-state index is -0.282. The molecule has 0 radical (unpaired) electrons. The lowest BCUT2D eigenvalue weighted by Gasteiger charge is -2.37. The Kier molecular flexibility index (Phi) is 5.19. The molecule has 2 aliphatic rings. The molecule has 0 aliphatic carbocycles. The van der Waals surface area contributed by atoms with Gasteiger partial charge in [-0.1, -0.05) is 0 Å². The van der Waals surface area contributed by atoms with Gasteiger partial charge >= 0.3 is 0 Å². The van der Waals surface area contributed by atoms with E-state index in [9.17, 15) is 4.79 Å². The lowest BCUT2D eigenvalue weighted by Crippen LogP contribution is -2.50. The Morgan fingerprint density at radius 1 is 1.23 bits per heavy atom. The predicted molar refractivity (Wildman–Crippen MR) is 119 cm³/mol. The molecule has 1 amide bonds. The molecule has 1 aromatic carbocycles. The van der Waals surface area contributed by atoms with Gasteiger partial charge in [-0.15, -0.1) is 10.2 Å². The first kappa shape index (κ1) is 19.7. The van der Waals surface area contributed by atoms with Gasteiger partial charge < -0.3 is 15.0 Å². The maximum absolute atomic E-state index is 13.0. The maximum atomic E-state index is 13.0. The molecule has 2 fully saturated rings. The molecule has 0 bridgehead atoms. The summed E-state index contributed by atoms with van der Waals surface area (Å²) in [5.41, 5.74) is 1.24. The lowest BCUT2D eigenvalue weighted by molar-refractivity contribution is 0.102. The highest BCUT2D eigenvalue weighted by molar-refractivity contribution is 6.08. The van der Waals surface area contributed by atoms with Crippen molar-refractivity contribution in [3.05, 3.63) is 36.0 Å². The summed E-state index contributed by atoms with van der Waals surface area (Å²) in [6, 6.07) is 7.95. The van der Waals surface area contributed by atoms with Crippen LogP contribution in [0.4, 0.5) is 11.6 Å². The van der Waals surface area contributed by atoms with E-state index in [1.165, 1.54) is 19.4 Å². The molecule has 0 spiro atoms. The molecule has 2 aliphatic heterocycles. The van der Waals surface area contributed by atoms with Crippen molar-refractivity contribution in [2.75, 3.05) is 43.0 Å². The van der Waals surface area contributed by atoms with E-state index in [1.54, 1.807) is 16.8 Å². The van der Waals surface area contributed by atoms with Crippen molar-refractivity contribution in [2.24, 2.45) is 7.05 Å². The average Bonchev–Trinajstić information content (AvgIpc) is 3.38. The monoisotopic (exact) mass is 421 g/mol. The highest BCUT2D eigenvalue weighted by Gasteiger charge is 2.31. The van der Waals surface area contributed by atoms with Crippen molar-refractivity contribution >= 4 is 28.4 Å². The number of carbonyl (C=O) groups excluding carboxylic acids is 1. The molecule has 0 unspecified atom stereocenters. The predicted octanol–water partition coefficient (Wildman–Crippen LogP) is 2.30. The average molecular weight is 422 g/mol. The molecule has 31 heavy (non-hydrogen) atoms. The van der Waals surface area contributed by atoms with Crippen LogP contribution in [0.2, 0.25) is 0 Å². The largest absolute Gasteiger partial charge is 0.493 e. The van der Waals surface area contributed by atoms with Crippen molar-refractivity contribution in [1.82, 2.24) is 24.9 Å². The summed E-state index contributed by atoms with van der Waals surface area (Å²) in [6.45, 7) is 6.58. The van der Waals surface area contributed by atoms with Gasteiger partial charge in [0.05, 0.1) is 17.7 Å². The van der Waals surface area contributed by atoms with E-state index in [-0.39, 0.29) is 5.91 Å². The number of nitrogens with one attached hydrogen (secondary N) is 1. The number of carbonyl (C=O) groups is 1. The smallest absolute Gasteiger partial charge is 0.260 e. The number of nitrogens with zero attached hydrogens (tertiary/aromatic N) is 6. The van der Waals surface area contributed by atoms with Crippen molar-refractivity contribution in [2.45, 2.75) is 25.8 Å². The fourth-order valence-corrected chi connectivity index (χ4v) is 4.57. The van der Waals surface area contributed by atoms with Crippen molar-refractivity contribution in [1.29, 1.82) is 0 Å². The third-order valence-electron chi connectivity index (χ3n) is 6.07. The van der Waals surface area contributed by atoms with Crippen LogP contribution >= 0.6 is 0 Å². The summed E-state index contributed by atoms with van der Waals surface area (Å²) in [6.07, 6.45) is 4.41. The molecule has 0 saturated carbocycles. The van der Waals surface area contributed by atoms with Crippen LogP contribution in [0.3, 0.4) is 0 Å². The number of piperazine rings is 1. The second kappa shape index (κ2) is 8.14. The van der Waals surface area contributed by atoms with Gasteiger partial charge in [0.1, 0.15) is 5.75 Å². The minimum absolute atomic E-state index is 0.282. The topological polar surface area (TPSA) is 88.4 Å². The zero-order chi connectivity index (χ0) is 21.4. The van der Waals surface area contributed by atoms with Gasteiger partial charge in [0.15, 0.2) is 11.6 Å². The van der Waals surface area contributed by atoms with Crippen LogP contribution in [0.1, 0.15) is 30.1 Å². The molecule has 9 heteroatoms. The maximum Gasteiger partial charge on any atom is 0.260 e. The Labute approximate surface area is 181 Å². The number of aryl methyl sites for hydroxylation is 1. The van der Waals surface area contributed by atoms with Crippen LogP contribution in [-0.2, 0) is 7.05 Å². The van der Waals surface area contributed by atoms with Gasteiger partial charge in [-0.2, -0.15) is 5.10 Å². The number of anilines is 2. The summed E-state index contributed by atoms with van der Waals surface area (Å²) in [5, 5.41) is 16.7. The first-order chi connectivity index (χ1) is 15.1. The third kappa shape index (κ3) is 3.93. The highest BCUT2D eigenvalue weighted by atomic mass is 16.5. The number of ether oxygens (including phenoxy) is 1. The Morgan fingerprint density at radius 2 is 2.13 bits per heavy atom. The Balaban J connectivity index is 1.32. The third-order valence-corrected chi connectivity index (χ3v) is 6.07. The fraction of sp³-hybridized carbons (Fsp3) is 0.455. The quantitative estimate of drug-likeness (QED) is 0.676. The normalized spacial score (nSPS) is 18.9. The molecule has 3 aromatic rings. The molecule has 1 atom stereocenters. The van der Waals surface area contributed by atoms with E-state index in [1.807, 2.05) is 32.3 Å². The van der Waals surface area contributed by atoms with Gasteiger partial charge in [-0.05, 0) is 44.5 Å². The molecule has 9 nitrogen and oxygen atoms in total. The second-order valence-corrected chi connectivity index (χ2v) is 8.15. The van der Waals surface area contributed by atoms with E-state index in [2.05, 4.69) is 30.4 Å². The summed E-state index contributed by atoms with van der Waals surface area (Å²) in [7, 11) is 1.85. The first-order valence-electron chi connectivity index (χ1n) is 10.8. The van der Waals surface area contributed by atoms with E-state index < -0.39 is 0 Å². The number of benzene rings is 1. The standard InChI is InChI=1S/C22H27N7O2/c1-3-31-19-12-18-15(13-27(2)26-18)11-17(19)22(30)23-20-6-7-21(25-24-20)29-10-9-28-8-4-5-16(28)14-29/h6-7,11-13,16H,3-5,8-10,14H2,1-2H3,(H,23,24,30)/t16-/m0/s1. The fourth-order valence-electron chi connectivity index (χ4n) is 4.57. The van der Waals surface area contributed by atoms with E-state index in [4.69, 9.17) is 4.74 Å². The van der Waals surface area contributed by atoms with E-state index >= 15 is 0 Å². The molecular formula is C22H27N7O2. The number of rotatable bonds is 5. The number of aromatic nitrogens is 4. The lowest BCUT2D eigenvalue weighted by atomic mass is 10.1. The summed E-state index contributed by atoms with van der Waals surface area (Å²) >= 11 is 0.